The Bertz CT molecular complexity index is 333. The van der Waals surface area contributed by atoms with Gasteiger partial charge in [0.15, 0.2) is 0 Å². The van der Waals surface area contributed by atoms with Gasteiger partial charge in [-0.2, -0.15) is 0 Å². The van der Waals surface area contributed by atoms with Crippen LogP contribution < -0.4 is 5.32 Å². The van der Waals surface area contributed by atoms with Crippen molar-refractivity contribution in [1.29, 1.82) is 0 Å². The number of hydrogen-bond acceptors (Lipinski definition) is 1. The van der Waals surface area contributed by atoms with Crippen LogP contribution in [0.15, 0.2) is 30.3 Å². The maximum Gasteiger partial charge on any atom is 0.00925 e. The zero-order valence-electron chi connectivity index (χ0n) is 11.9. The van der Waals surface area contributed by atoms with E-state index in [-0.39, 0.29) is 0 Å². The van der Waals surface area contributed by atoms with E-state index in [9.17, 15) is 0 Å². The Morgan fingerprint density at radius 2 is 2.00 bits per heavy atom. The van der Waals surface area contributed by atoms with E-state index >= 15 is 0 Å². The van der Waals surface area contributed by atoms with Gasteiger partial charge in [0, 0.05) is 6.04 Å². The summed E-state index contributed by atoms with van der Waals surface area (Å²) < 4.78 is 0. The van der Waals surface area contributed by atoms with Crippen LogP contribution in [-0.4, -0.2) is 13.1 Å². The summed E-state index contributed by atoms with van der Waals surface area (Å²) in [5.74, 6) is 1.86. The minimum atomic E-state index is 0.735. The molecule has 1 N–H and O–H groups in total. The minimum absolute atomic E-state index is 0.735. The number of aryl methyl sites for hydroxylation is 1. The van der Waals surface area contributed by atoms with Crippen molar-refractivity contribution in [3.05, 3.63) is 35.9 Å². The van der Waals surface area contributed by atoms with E-state index in [1.54, 1.807) is 0 Å². The fourth-order valence-corrected chi connectivity index (χ4v) is 3.40. The molecule has 0 heterocycles. The molecule has 18 heavy (non-hydrogen) atoms. The summed E-state index contributed by atoms with van der Waals surface area (Å²) in [6.45, 7) is 2.40. The van der Waals surface area contributed by atoms with E-state index < -0.39 is 0 Å². The molecule has 1 heteroatoms. The molecule has 2 rings (SSSR count). The fraction of sp³-hybridized carbons (Fsp3) is 0.647. The molecule has 3 atom stereocenters. The number of hydrogen-bond donors (Lipinski definition) is 1. The molecule has 1 fully saturated rings. The molecule has 0 aliphatic heterocycles. The Kier molecular flexibility index (Phi) is 5.25. The Hall–Kier alpha value is -0.820. The molecule has 0 radical (unpaired) electrons. The summed E-state index contributed by atoms with van der Waals surface area (Å²) in [6, 6.07) is 11.6. The molecular formula is C17H27N. The predicted octanol–water partition coefficient (Wildman–Crippen LogP) is 4.03. The quantitative estimate of drug-likeness (QED) is 0.798. The lowest BCUT2D eigenvalue weighted by Crippen LogP contribution is -2.32. The van der Waals surface area contributed by atoms with E-state index in [0.29, 0.717) is 0 Å². The maximum absolute atomic E-state index is 3.55. The summed E-state index contributed by atoms with van der Waals surface area (Å²) >= 11 is 0. The van der Waals surface area contributed by atoms with Crippen LogP contribution in [0.4, 0.5) is 0 Å². The average Bonchev–Trinajstić information content (AvgIpc) is 2.82. The molecule has 0 aromatic heterocycles. The van der Waals surface area contributed by atoms with Gasteiger partial charge in [-0.15, -0.1) is 0 Å². The molecule has 1 aromatic rings. The lowest BCUT2D eigenvalue weighted by molar-refractivity contribution is 0.345. The van der Waals surface area contributed by atoms with E-state index in [2.05, 4.69) is 49.6 Å². The smallest absolute Gasteiger partial charge is 0.00925 e. The molecule has 0 bridgehead atoms. The number of nitrogens with one attached hydrogen (secondary N) is 1. The highest BCUT2D eigenvalue weighted by atomic mass is 14.9. The zero-order valence-corrected chi connectivity index (χ0v) is 11.9. The first-order chi connectivity index (χ1) is 8.79. The van der Waals surface area contributed by atoms with Gasteiger partial charge in [-0.25, -0.2) is 0 Å². The third kappa shape index (κ3) is 3.84. The van der Waals surface area contributed by atoms with Crippen molar-refractivity contribution in [1.82, 2.24) is 5.32 Å². The van der Waals surface area contributed by atoms with Crippen LogP contribution in [0.25, 0.3) is 0 Å². The van der Waals surface area contributed by atoms with Crippen LogP contribution in [0.2, 0.25) is 0 Å². The second-order valence-electron chi connectivity index (χ2n) is 5.95. The lowest BCUT2D eigenvalue weighted by atomic mass is 9.92. The van der Waals surface area contributed by atoms with Gasteiger partial charge in [-0.3, -0.25) is 0 Å². The summed E-state index contributed by atoms with van der Waals surface area (Å²) in [4.78, 5) is 0. The van der Waals surface area contributed by atoms with Crippen molar-refractivity contribution in [2.75, 3.05) is 7.05 Å². The van der Waals surface area contributed by atoms with Crippen molar-refractivity contribution in [2.45, 2.75) is 51.5 Å². The topological polar surface area (TPSA) is 12.0 Å². The first-order valence-electron chi connectivity index (χ1n) is 7.50. The van der Waals surface area contributed by atoms with Crippen molar-refractivity contribution in [3.8, 4) is 0 Å². The number of rotatable bonds is 6. The van der Waals surface area contributed by atoms with E-state index in [1.165, 1.54) is 44.1 Å². The van der Waals surface area contributed by atoms with Crippen molar-refractivity contribution in [3.63, 3.8) is 0 Å². The van der Waals surface area contributed by atoms with Gasteiger partial charge in [0.1, 0.15) is 0 Å². The van der Waals surface area contributed by atoms with E-state index in [4.69, 9.17) is 0 Å². The Morgan fingerprint density at radius 3 is 2.61 bits per heavy atom. The van der Waals surface area contributed by atoms with Crippen LogP contribution in [0.3, 0.4) is 0 Å². The third-order valence-electron chi connectivity index (χ3n) is 4.50. The van der Waals surface area contributed by atoms with E-state index in [0.717, 1.165) is 17.9 Å². The second-order valence-corrected chi connectivity index (χ2v) is 5.95. The van der Waals surface area contributed by atoms with Gasteiger partial charge in [0.05, 0.1) is 0 Å². The van der Waals surface area contributed by atoms with Gasteiger partial charge in [-0.1, -0.05) is 43.7 Å². The molecule has 1 saturated carbocycles. The largest absolute Gasteiger partial charge is 0.317 e. The Labute approximate surface area is 112 Å². The highest BCUT2D eigenvalue weighted by molar-refractivity contribution is 5.14. The van der Waals surface area contributed by atoms with E-state index in [1.807, 2.05) is 0 Å². The molecule has 1 aliphatic carbocycles. The number of benzene rings is 1. The molecule has 0 amide bonds. The summed E-state index contributed by atoms with van der Waals surface area (Å²) in [5, 5.41) is 3.55. The second kappa shape index (κ2) is 6.94. The molecule has 1 aromatic carbocycles. The third-order valence-corrected chi connectivity index (χ3v) is 4.50. The van der Waals surface area contributed by atoms with Crippen LogP contribution in [-0.2, 0) is 6.42 Å². The standard InChI is InChI=1S/C17H27N/c1-14-11-12-16(13-14)17(18-2)10-6-9-15-7-4-3-5-8-15/h3-5,7-8,14,16-18H,6,9-13H2,1-2H3. The van der Waals surface area contributed by atoms with Crippen LogP contribution in [0.1, 0.15) is 44.6 Å². The molecular weight excluding hydrogens is 218 g/mol. The predicted molar refractivity (Wildman–Crippen MR) is 78.7 cm³/mol. The summed E-state index contributed by atoms with van der Waals surface area (Å²) in [6.07, 6.45) is 8.14. The van der Waals surface area contributed by atoms with Crippen LogP contribution in [0, 0.1) is 11.8 Å². The first-order valence-corrected chi connectivity index (χ1v) is 7.50. The van der Waals surface area contributed by atoms with Gasteiger partial charge < -0.3 is 5.32 Å². The first kappa shape index (κ1) is 13.6. The molecule has 3 unspecified atom stereocenters. The van der Waals surface area contributed by atoms with Gasteiger partial charge in [-0.05, 0) is 56.6 Å². The van der Waals surface area contributed by atoms with Gasteiger partial charge >= 0.3 is 0 Å². The lowest BCUT2D eigenvalue weighted by Gasteiger charge is -2.23. The highest BCUT2D eigenvalue weighted by Crippen LogP contribution is 2.33. The van der Waals surface area contributed by atoms with Crippen molar-refractivity contribution in [2.24, 2.45) is 11.8 Å². The summed E-state index contributed by atoms with van der Waals surface area (Å²) in [5.41, 5.74) is 1.48. The molecule has 0 spiro atoms. The Morgan fingerprint density at radius 1 is 1.22 bits per heavy atom. The fourth-order valence-electron chi connectivity index (χ4n) is 3.40. The minimum Gasteiger partial charge on any atom is -0.317 e. The monoisotopic (exact) mass is 245 g/mol. The van der Waals surface area contributed by atoms with Crippen LogP contribution >= 0.6 is 0 Å². The summed E-state index contributed by atoms with van der Waals surface area (Å²) in [7, 11) is 2.14. The van der Waals surface area contributed by atoms with Crippen molar-refractivity contribution < 1.29 is 0 Å². The van der Waals surface area contributed by atoms with Crippen LogP contribution in [0.5, 0.6) is 0 Å². The molecule has 1 nitrogen and oxygen atoms in total. The average molecular weight is 245 g/mol. The maximum atomic E-state index is 3.55. The van der Waals surface area contributed by atoms with Gasteiger partial charge in [0.25, 0.3) is 0 Å². The SMILES string of the molecule is CNC(CCCc1ccccc1)C1CCC(C)C1. The highest BCUT2D eigenvalue weighted by Gasteiger charge is 2.27. The zero-order chi connectivity index (χ0) is 12.8. The van der Waals surface area contributed by atoms with Crippen molar-refractivity contribution >= 4 is 0 Å². The molecule has 0 saturated heterocycles. The Balaban J connectivity index is 1.74. The normalized spacial score (nSPS) is 25.2. The van der Waals surface area contributed by atoms with Gasteiger partial charge in [0.2, 0.25) is 0 Å². The molecule has 1 aliphatic rings. The molecule has 100 valence electrons.